The van der Waals surface area contributed by atoms with E-state index in [1.165, 1.54) is 25.3 Å². The molecule has 0 spiro atoms. The Bertz CT molecular complexity index is 405. The molecule has 1 aliphatic rings. The van der Waals surface area contributed by atoms with E-state index in [2.05, 4.69) is 6.92 Å². The van der Waals surface area contributed by atoms with E-state index in [9.17, 15) is 4.39 Å². The van der Waals surface area contributed by atoms with Crippen molar-refractivity contribution >= 4 is 23.2 Å². The van der Waals surface area contributed by atoms with Crippen molar-refractivity contribution in [1.82, 2.24) is 0 Å². The first kappa shape index (κ1) is 14.1. The number of hydrogen-bond acceptors (Lipinski definition) is 0. The second-order valence-corrected chi connectivity index (χ2v) is 6.28. The van der Waals surface area contributed by atoms with Crippen LogP contribution in [0.15, 0.2) is 18.2 Å². The quantitative estimate of drug-likeness (QED) is 0.648. The summed E-state index contributed by atoms with van der Waals surface area (Å²) in [5, 5.41) is 0.457. The van der Waals surface area contributed by atoms with Crippen LogP contribution in [0.4, 0.5) is 4.39 Å². The molecule has 1 fully saturated rings. The van der Waals surface area contributed by atoms with Gasteiger partial charge in [0.05, 0.1) is 5.02 Å². The monoisotopic (exact) mass is 288 g/mol. The molecule has 1 saturated carbocycles. The lowest BCUT2D eigenvalue weighted by Crippen LogP contribution is -2.26. The smallest absolute Gasteiger partial charge is 0.141 e. The highest BCUT2D eigenvalue weighted by molar-refractivity contribution is 6.30. The zero-order valence-corrected chi connectivity index (χ0v) is 12.1. The number of rotatable bonds is 3. The molecule has 0 aliphatic heterocycles. The van der Waals surface area contributed by atoms with Crippen LogP contribution < -0.4 is 0 Å². The van der Waals surface area contributed by atoms with Crippen LogP contribution in [-0.4, -0.2) is 5.38 Å². The lowest BCUT2D eigenvalue weighted by atomic mass is 9.77. The molecule has 0 aromatic heterocycles. The average molecular weight is 289 g/mol. The van der Waals surface area contributed by atoms with Crippen LogP contribution in [0.5, 0.6) is 0 Å². The molecule has 3 unspecified atom stereocenters. The van der Waals surface area contributed by atoms with Gasteiger partial charge >= 0.3 is 0 Å². The largest absolute Gasteiger partial charge is 0.205 e. The maximum atomic E-state index is 13.1. The average Bonchev–Trinajstić information content (AvgIpc) is 2.36. The summed E-state index contributed by atoms with van der Waals surface area (Å²) in [6.07, 6.45) is 5.65. The number of hydrogen-bond donors (Lipinski definition) is 0. The molecule has 0 heterocycles. The van der Waals surface area contributed by atoms with E-state index in [0.29, 0.717) is 5.92 Å². The van der Waals surface area contributed by atoms with Crippen molar-refractivity contribution in [3.63, 3.8) is 0 Å². The SMILES string of the molecule is CCC1CCC(Cl)C(Cc2ccc(F)c(Cl)c2)C1. The molecule has 0 radical (unpaired) electrons. The summed E-state index contributed by atoms with van der Waals surface area (Å²) < 4.78 is 13.1. The third kappa shape index (κ3) is 3.39. The first-order chi connectivity index (χ1) is 8.60. The summed E-state index contributed by atoms with van der Waals surface area (Å²) in [5.74, 6) is 0.936. The number of halogens is 3. The third-order valence-electron chi connectivity index (χ3n) is 4.06. The molecule has 0 amide bonds. The highest BCUT2D eigenvalue weighted by atomic mass is 35.5. The van der Waals surface area contributed by atoms with Crippen LogP contribution in [0.3, 0.4) is 0 Å². The molecular formula is C15H19Cl2F. The Balaban J connectivity index is 2.04. The molecule has 0 bridgehead atoms. The zero-order chi connectivity index (χ0) is 13.1. The highest BCUT2D eigenvalue weighted by Crippen LogP contribution is 2.36. The molecule has 0 N–H and O–H groups in total. The Morgan fingerprint density at radius 1 is 1.33 bits per heavy atom. The summed E-state index contributed by atoms with van der Waals surface area (Å²) in [7, 11) is 0. The van der Waals surface area contributed by atoms with Crippen molar-refractivity contribution in [2.75, 3.05) is 0 Å². The zero-order valence-electron chi connectivity index (χ0n) is 10.6. The minimum absolute atomic E-state index is 0.210. The van der Waals surface area contributed by atoms with Crippen LogP contribution >= 0.6 is 23.2 Å². The predicted octanol–water partition coefficient (Wildman–Crippen LogP) is 5.46. The fourth-order valence-electron chi connectivity index (χ4n) is 2.88. The van der Waals surface area contributed by atoms with Crippen LogP contribution in [0.2, 0.25) is 5.02 Å². The lowest BCUT2D eigenvalue weighted by Gasteiger charge is -2.32. The predicted molar refractivity (Wildman–Crippen MR) is 75.9 cm³/mol. The summed E-state index contributed by atoms with van der Waals surface area (Å²) in [6.45, 7) is 2.24. The number of benzene rings is 1. The Morgan fingerprint density at radius 3 is 2.78 bits per heavy atom. The van der Waals surface area contributed by atoms with E-state index in [0.717, 1.165) is 24.3 Å². The molecule has 3 atom stereocenters. The van der Waals surface area contributed by atoms with Gasteiger partial charge in [0.1, 0.15) is 5.82 Å². The minimum Gasteiger partial charge on any atom is -0.205 e. The van der Waals surface area contributed by atoms with E-state index in [-0.39, 0.29) is 16.2 Å². The fraction of sp³-hybridized carbons (Fsp3) is 0.600. The summed E-state index contributed by atoms with van der Waals surface area (Å²) in [6, 6.07) is 5.00. The van der Waals surface area contributed by atoms with Gasteiger partial charge in [0.2, 0.25) is 0 Å². The van der Waals surface area contributed by atoms with Gasteiger partial charge in [0.25, 0.3) is 0 Å². The van der Waals surface area contributed by atoms with E-state index in [1.807, 2.05) is 6.07 Å². The van der Waals surface area contributed by atoms with Crippen LogP contribution in [0, 0.1) is 17.7 Å². The van der Waals surface area contributed by atoms with Crippen molar-refractivity contribution < 1.29 is 4.39 Å². The number of alkyl halides is 1. The van der Waals surface area contributed by atoms with E-state index in [1.54, 1.807) is 6.07 Å². The molecule has 0 saturated heterocycles. The highest BCUT2D eigenvalue weighted by Gasteiger charge is 2.28. The van der Waals surface area contributed by atoms with Gasteiger partial charge in [0, 0.05) is 5.38 Å². The molecule has 3 heteroatoms. The molecule has 1 aromatic carbocycles. The molecular weight excluding hydrogens is 270 g/mol. The normalized spacial score (nSPS) is 28.3. The van der Waals surface area contributed by atoms with E-state index >= 15 is 0 Å². The topological polar surface area (TPSA) is 0 Å². The van der Waals surface area contributed by atoms with E-state index in [4.69, 9.17) is 23.2 Å². The van der Waals surface area contributed by atoms with Crippen LogP contribution in [0.1, 0.15) is 38.2 Å². The first-order valence-corrected chi connectivity index (χ1v) is 7.49. The van der Waals surface area contributed by atoms with E-state index < -0.39 is 0 Å². The van der Waals surface area contributed by atoms with Gasteiger partial charge in [-0.05, 0) is 55.2 Å². The van der Waals surface area contributed by atoms with Gasteiger partial charge < -0.3 is 0 Å². The van der Waals surface area contributed by atoms with Gasteiger partial charge in [-0.2, -0.15) is 0 Å². The maximum Gasteiger partial charge on any atom is 0.141 e. The molecule has 1 aliphatic carbocycles. The summed E-state index contributed by atoms with van der Waals surface area (Å²) in [4.78, 5) is 0. The first-order valence-electron chi connectivity index (χ1n) is 6.68. The second-order valence-electron chi connectivity index (χ2n) is 5.32. The third-order valence-corrected chi connectivity index (χ3v) is 4.92. The molecule has 1 aromatic rings. The standard InChI is InChI=1S/C15H19Cl2F/c1-2-10-3-5-13(16)12(7-10)8-11-4-6-15(18)14(17)9-11/h4,6,9-10,12-13H,2-3,5,7-8H2,1H3. The maximum absolute atomic E-state index is 13.1. The summed E-state index contributed by atoms with van der Waals surface area (Å²) >= 11 is 12.2. The van der Waals surface area contributed by atoms with Gasteiger partial charge in [0.15, 0.2) is 0 Å². The van der Waals surface area contributed by atoms with Crippen molar-refractivity contribution in [2.45, 2.75) is 44.4 Å². The molecule has 0 nitrogen and oxygen atoms in total. The van der Waals surface area contributed by atoms with Crippen LogP contribution in [-0.2, 0) is 6.42 Å². The fourth-order valence-corrected chi connectivity index (χ4v) is 3.40. The Labute approximate surface area is 118 Å². The van der Waals surface area contributed by atoms with Crippen molar-refractivity contribution in [3.05, 3.63) is 34.6 Å². The van der Waals surface area contributed by atoms with Gasteiger partial charge in [-0.25, -0.2) is 4.39 Å². The molecule has 18 heavy (non-hydrogen) atoms. The van der Waals surface area contributed by atoms with Crippen molar-refractivity contribution in [3.8, 4) is 0 Å². The molecule has 2 rings (SSSR count). The van der Waals surface area contributed by atoms with Crippen molar-refractivity contribution in [1.29, 1.82) is 0 Å². The minimum atomic E-state index is -0.349. The Kier molecular flexibility index (Phi) is 4.91. The Morgan fingerprint density at radius 2 is 2.11 bits per heavy atom. The Hall–Kier alpha value is -0.270. The van der Waals surface area contributed by atoms with Gasteiger partial charge in [-0.3, -0.25) is 0 Å². The second kappa shape index (κ2) is 6.25. The van der Waals surface area contributed by atoms with Crippen LogP contribution in [0.25, 0.3) is 0 Å². The van der Waals surface area contributed by atoms with Crippen molar-refractivity contribution in [2.24, 2.45) is 11.8 Å². The lowest BCUT2D eigenvalue weighted by molar-refractivity contribution is 0.265. The molecule has 100 valence electrons. The van der Waals surface area contributed by atoms with Gasteiger partial charge in [-0.15, -0.1) is 11.6 Å². The van der Waals surface area contributed by atoms with Gasteiger partial charge in [-0.1, -0.05) is 31.0 Å². The summed E-state index contributed by atoms with van der Waals surface area (Å²) in [5.41, 5.74) is 1.09.